The number of amides is 2. The maximum absolute atomic E-state index is 12.3. The molecule has 6 rings (SSSR count). The van der Waals surface area contributed by atoms with Crippen LogP contribution in [0.2, 0.25) is 0 Å². The van der Waals surface area contributed by atoms with Crippen molar-refractivity contribution in [2.24, 2.45) is 10.8 Å². The molecule has 3 saturated carbocycles. The van der Waals surface area contributed by atoms with Gasteiger partial charge in [0.15, 0.2) is 5.13 Å². The van der Waals surface area contributed by atoms with Crippen LogP contribution in [0.5, 0.6) is 0 Å². The van der Waals surface area contributed by atoms with Crippen LogP contribution in [-0.2, 0) is 0 Å². The number of nitrogens with zero attached hydrogens (tertiary/aromatic N) is 2. The molecule has 0 bridgehead atoms. The minimum absolute atomic E-state index is 0.112. The molecule has 0 unspecified atom stereocenters. The maximum atomic E-state index is 12.3. The first kappa shape index (κ1) is 12.7. The first-order valence-corrected chi connectivity index (χ1v) is 9.62. The third kappa shape index (κ3) is 1.54. The number of hydrogen-bond donors (Lipinski definition) is 2. The number of urea groups is 1. The van der Waals surface area contributed by atoms with Crippen LogP contribution in [0.4, 0.5) is 9.93 Å². The van der Waals surface area contributed by atoms with Crippen molar-refractivity contribution in [3.05, 3.63) is 17.6 Å². The fourth-order valence-corrected chi connectivity index (χ4v) is 6.20. The number of aromatic nitrogens is 2. The third-order valence-electron chi connectivity index (χ3n) is 5.94. The fraction of sp³-hybridized carbons (Fsp3) is 0.438. The number of hydrogen-bond acceptors (Lipinski definition) is 5. The standard InChI is InChI=1S/C16H14N4OS2/c21-13(19-12-15(3-4-15)16(12)5-6-16)20-14-18-8-1-2-9-10(11(8)23-14)17-7-22-9/h1-2,7,12H,3-6H2,(H2,18,19,20,21). The number of thiazole rings is 2. The predicted molar refractivity (Wildman–Crippen MR) is 92.1 cm³/mol. The number of anilines is 1. The van der Waals surface area contributed by atoms with Gasteiger partial charge >= 0.3 is 6.03 Å². The SMILES string of the molecule is O=C(Nc1nc2ccc3scnc3c2s1)NC1C2(CC2)C12CC2. The van der Waals surface area contributed by atoms with Crippen LogP contribution in [-0.4, -0.2) is 22.0 Å². The highest BCUT2D eigenvalue weighted by atomic mass is 32.1. The molecule has 3 aromatic rings. The summed E-state index contributed by atoms with van der Waals surface area (Å²) in [6.07, 6.45) is 5.17. The number of carbonyl (C=O) groups excluding carboxylic acids is 1. The Bertz CT molecular complexity index is 964. The third-order valence-corrected chi connectivity index (χ3v) is 7.73. The summed E-state index contributed by atoms with van der Waals surface area (Å²) in [5, 5.41) is 6.76. The Kier molecular flexibility index (Phi) is 2.11. The van der Waals surface area contributed by atoms with Crippen LogP contribution < -0.4 is 10.6 Å². The van der Waals surface area contributed by atoms with Crippen LogP contribution in [0, 0.1) is 10.8 Å². The van der Waals surface area contributed by atoms with Crippen molar-refractivity contribution in [2.75, 3.05) is 5.32 Å². The van der Waals surface area contributed by atoms with Gasteiger partial charge in [-0.05, 0) is 48.6 Å². The molecule has 2 N–H and O–H groups in total. The van der Waals surface area contributed by atoms with E-state index < -0.39 is 0 Å². The molecule has 0 atom stereocenters. The molecule has 0 saturated heterocycles. The normalized spacial score (nSPS) is 22.8. The number of benzene rings is 1. The van der Waals surface area contributed by atoms with Crippen LogP contribution in [0.3, 0.4) is 0 Å². The molecular weight excluding hydrogens is 328 g/mol. The van der Waals surface area contributed by atoms with Gasteiger partial charge < -0.3 is 5.32 Å². The Balaban J connectivity index is 1.26. The second-order valence-electron chi connectivity index (χ2n) is 6.98. The van der Waals surface area contributed by atoms with Gasteiger partial charge in [-0.3, -0.25) is 5.32 Å². The van der Waals surface area contributed by atoms with E-state index in [0.29, 0.717) is 22.0 Å². The molecule has 3 aliphatic carbocycles. The Morgan fingerprint density at radius 2 is 2.00 bits per heavy atom. The zero-order valence-corrected chi connectivity index (χ0v) is 13.9. The van der Waals surface area contributed by atoms with Crippen LogP contribution in [0.15, 0.2) is 17.6 Å². The highest BCUT2D eigenvalue weighted by Gasteiger charge is 2.87. The second kappa shape index (κ2) is 3.84. The predicted octanol–water partition coefficient (Wildman–Crippen LogP) is 3.97. The molecule has 2 heterocycles. The van der Waals surface area contributed by atoms with Crippen molar-refractivity contribution in [3.8, 4) is 0 Å². The largest absolute Gasteiger partial charge is 0.334 e. The lowest BCUT2D eigenvalue weighted by Gasteiger charge is -2.04. The van der Waals surface area contributed by atoms with Gasteiger partial charge in [-0.1, -0.05) is 11.3 Å². The number of nitrogens with one attached hydrogen (secondary N) is 2. The lowest BCUT2D eigenvalue weighted by atomic mass is 10.3. The molecular formula is C16H14N4OS2. The first-order chi connectivity index (χ1) is 11.2. The smallest absolute Gasteiger partial charge is 0.321 e. The van der Waals surface area contributed by atoms with Crippen LogP contribution in [0.1, 0.15) is 25.7 Å². The Morgan fingerprint density at radius 3 is 2.74 bits per heavy atom. The summed E-state index contributed by atoms with van der Waals surface area (Å²) < 4.78 is 2.20. The van der Waals surface area contributed by atoms with Gasteiger partial charge in [-0.2, -0.15) is 0 Å². The van der Waals surface area contributed by atoms with Crippen molar-refractivity contribution in [1.82, 2.24) is 15.3 Å². The van der Waals surface area contributed by atoms with Gasteiger partial charge in [0.1, 0.15) is 5.52 Å². The summed E-state index contributed by atoms with van der Waals surface area (Å²) in [7, 11) is 0. The highest BCUT2D eigenvalue weighted by Crippen LogP contribution is 2.88. The number of carbonyl (C=O) groups is 1. The average Bonchev–Trinajstić information content (AvgIpc) is 3.46. The molecule has 5 nitrogen and oxygen atoms in total. The minimum atomic E-state index is -0.112. The summed E-state index contributed by atoms with van der Waals surface area (Å²) in [6, 6.07) is 4.32. The number of fused-ring (bicyclic) bond motifs is 4. The molecule has 116 valence electrons. The minimum Gasteiger partial charge on any atom is -0.334 e. The monoisotopic (exact) mass is 342 g/mol. The topological polar surface area (TPSA) is 66.9 Å². The summed E-state index contributed by atoms with van der Waals surface area (Å²) in [6.45, 7) is 0. The summed E-state index contributed by atoms with van der Waals surface area (Å²) >= 11 is 3.12. The first-order valence-electron chi connectivity index (χ1n) is 7.92. The van der Waals surface area contributed by atoms with Crippen LogP contribution in [0.25, 0.3) is 20.4 Å². The van der Waals surface area contributed by atoms with E-state index in [1.807, 2.05) is 17.6 Å². The highest BCUT2D eigenvalue weighted by molar-refractivity contribution is 7.24. The van der Waals surface area contributed by atoms with Gasteiger partial charge in [-0.25, -0.2) is 14.8 Å². The molecule has 7 heteroatoms. The summed E-state index contributed by atoms with van der Waals surface area (Å²) in [5.41, 5.74) is 4.68. The van der Waals surface area contributed by atoms with Gasteiger partial charge in [-0.15, -0.1) is 11.3 Å². The molecule has 3 fully saturated rings. The molecule has 1 aromatic carbocycles. The van der Waals surface area contributed by atoms with E-state index in [-0.39, 0.29) is 6.03 Å². The zero-order valence-electron chi connectivity index (χ0n) is 12.3. The van der Waals surface area contributed by atoms with Crippen molar-refractivity contribution in [2.45, 2.75) is 31.7 Å². The van der Waals surface area contributed by atoms with E-state index in [2.05, 4.69) is 20.6 Å². The van der Waals surface area contributed by atoms with Gasteiger partial charge in [0.05, 0.1) is 20.4 Å². The molecule has 0 aliphatic heterocycles. The Hall–Kier alpha value is -1.73. The molecule has 0 radical (unpaired) electrons. The quantitative estimate of drug-likeness (QED) is 0.740. The molecule has 23 heavy (non-hydrogen) atoms. The van der Waals surface area contributed by atoms with Crippen molar-refractivity contribution < 1.29 is 4.79 Å². The zero-order chi connectivity index (χ0) is 15.2. The summed E-state index contributed by atoms with van der Waals surface area (Å²) in [5.74, 6) is 0. The molecule has 2 spiro atoms. The number of rotatable bonds is 2. The second-order valence-corrected chi connectivity index (χ2v) is 8.86. The maximum Gasteiger partial charge on any atom is 0.321 e. The van der Waals surface area contributed by atoms with Gasteiger partial charge in [0, 0.05) is 6.04 Å². The Labute approximate surface area is 140 Å². The van der Waals surface area contributed by atoms with E-state index >= 15 is 0 Å². The summed E-state index contributed by atoms with van der Waals surface area (Å²) in [4.78, 5) is 21.3. The lowest BCUT2D eigenvalue weighted by molar-refractivity contribution is 0.250. The van der Waals surface area contributed by atoms with E-state index in [0.717, 1.165) is 20.4 Å². The van der Waals surface area contributed by atoms with Crippen molar-refractivity contribution in [1.29, 1.82) is 0 Å². The Morgan fingerprint density at radius 1 is 1.22 bits per heavy atom. The fourth-order valence-electron chi connectivity index (χ4n) is 4.49. The van der Waals surface area contributed by atoms with Crippen molar-refractivity contribution in [3.63, 3.8) is 0 Å². The van der Waals surface area contributed by atoms with Crippen LogP contribution >= 0.6 is 22.7 Å². The van der Waals surface area contributed by atoms with E-state index in [1.54, 1.807) is 11.3 Å². The van der Waals surface area contributed by atoms with Gasteiger partial charge in [0.25, 0.3) is 0 Å². The average molecular weight is 342 g/mol. The molecule has 3 aliphatic rings. The van der Waals surface area contributed by atoms with Crippen molar-refractivity contribution >= 4 is 54.3 Å². The van der Waals surface area contributed by atoms with E-state index in [1.165, 1.54) is 37.0 Å². The lowest BCUT2D eigenvalue weighted by Crippen LogP contribution is -2.32. The van der Waals surface area contributed by atoms with E-state index in [9.17, 15) is 4.79 Å². The van der Waals surface area contributed by atoms with E-state index in [4.69, 9.17) is 0 Å². The molecule has 2 amide bonds. The van der Waals surface area contributed by atoms with Gasteiger partial charge in [0.2, 0.25) is 0 Å². The molecule has 2 aromatic heterocycles.